The molecule has 5 aromatic carbocycles. The summed E-state index contributed by atoms with van der Waals surface area (Å²) in [6, 6.07) is 23.4. The van der Waals surface area contributed by atoms with Crippen LogP contribution in [0.4, 0.5) is 35.1 Å². The van der Waals surface area contributed by atoms with Gasteiger partial charge in [0, 0.05) is 39.2 Å². The van der Waals surface area contributed by atoms with Crippen molar-refractivity contribution in [1.29, 1.82) is 0 Å². The fourth-order valence-electron chi connectivity index (χ4n) is 9.69. The average Bonchev–Trinajstić information content (AvgIpc) is 3.92. The lowest BCUT2D eigenvalue weighted by Gasteiger charge is -2.47. The largest absolute Gasteiger partial charge is 0.497 e. The molecule has 2 saturated heterocycles. The SMILES string of the molecule is COc1ccc(CS[C@@](C)(CC(=O)c2ccc3c(c2)COC32CN(C(=O)CC(F)(F)F)C2)c2cc(Cl)c(F)c(Cl)c2)cc1.C[C@](S)(CC(=O)c1ccc2c(c1)COC21CN(C(=O)CC(F)(F)F)C1)c1cc(Cl)c(F)c(Cl)c1. The minimum Gasteiger partial charge on any atom is -0.497 e. The van der Waals surface area contributed by atoms with E-state index >= 15 is 0 Å². The number of benzene rings is 5. The molecule has 4 aliphatic rings. The minimum absolute atomic E-state index is 0.0222. The van der Waals surface area contributed by atoms with Gasteiger partial charge >= 0.3 is 12.4 Å². The first-order chi connectivity index (χ1) is 35.9. The van der Waals surface area contributed by atoms with Gasteiger partial charge in [0.2, 0.25) is 11.8 Å². The summed E-state index contributed by atoms with van der Waals surface area (Å²) in [6.45, 7) is 4.03. The molecule has 0 N–H and O–H groups in total. The summed E-state index contributed by atoms with van der Waals surface area (Å²) >= 11 is 30.1. The van der Waals surface area contributed by atoms with Crippen molar-refractivity contribution in [3.63, 3.8) is 0 Å². The van der Waals surface area contributed by atoms with E-state index in [-0.39, 0.29) is 83.9 Å². The highest BCUT2D eigenvalue weighted by atomic mass is 35.5. The van der Waals surface area contributed by atoms with Gasteiger partial charge in [0.05, 0.1) is 66.6 Å². The van der Waals surface area contributed by atoms with Gasteiger partial charge in [0.1, 0.15) is 29.8 Å². The van der Waals surface area contributed by atoms with E-state index in [0.29, 0.717) is 33.8 Å². The van der Waals surface area contributed by atoms with Gasteiger partial charge in [0.15, 0.2) is 23.2 Å². The van der Waals surface area contributed by atoms with Gasteiger partial charge < -0.3 is 24.0 Å². The maximum atomic E-state index is 14.3. The number of halogens is 12. The molecule has 0 radical (unpaired) electrons. The maximum Gasteiger partial charge on any atom is 0.397 e. The number of rotatable bonds is 14. The molecule has 0 saturated carbocycles. The summed E-state index contributed by atoms with van der Waals surface area (Å²) in [4.78, 5) is 52.8. The monoisotopic (exact) mass is 1190 g/mol. The zero-order chi connectivity index (χ0) is 56.2. The molecular formula is C54H46Cl4F8N2O7S2. The van der Waals surface area contributed by atoms with Crippen LogP contribution in [0.1, 0.15) is 99.2 Å². The zero-order valence-corrected chi connectivity index (χ0v) is 45.7. The van der Waals surface area contributed by atoms with Gasteiger partial charge in [-0.25, -0.2) is 8.78 Å². The molecule has 0 unspecified atom stereocenters. The van der Waals surface area contributed by atoms with Crippen LogP contribution in [0.25, 0.3) is 0 Å². The Balaban J connectivity index is 0.000000209. The molecule has 0 aliphatic carbocycles. The van der Waals surface area contributed by atoms with Crippen LogP contribution >= 0.6 is 70.8 Å². The Morgan fingerprint density at radius 3 is 1.42 bits per heavy atom. The average molecular weight is 1190 g/mol. The molecule has 2 atom stereocenters. The number of nitrogens with zero attached hydrogens (tertiary/aromatic N) is 2. The molecular weight excluding hydrogens is 1150 g/mol. The summed E-state index contributed by atoms with van der Waals surface area (Å²) < 4.78 is 119. The van der Waals surface area contributed by atoms with Gasteiger partial charge in [0.25, 0.3) is 0 Å². The van der Waals surface area contributed by atoms with Crippen LogP contribution in [-0.2, 0) is 58.7 Å². The Labute approximate surface area is 467 Å². The Kier molecular flexibility index (Phi) is 16.8. The second-order valence-corrected chi connectivity index (χ2v) is 23.8. The van der Waals surface area contributed by atoms with Crippen molar-refractivity contribution in [2.24, 2.45) is 0 Å². The van der Waals surface area contributed by atoms with E-state index in [1.807, 2.05) is 31.2 Å². The first-order valence-electron chi connectivity index (χ1n) is 23.5. The van der Waals surface area contributed by atoms with Gasteiger partial charge in [-0.2, -0.15) is 39.0 Å². The van der Waals surface area contributed by atoms with E-state index < -0.39 is 69.3 Å². The summed E-state index contributed by atoms with van der Waals surface area (Å²) in [5, 5.41) is -0.624. The van der Waals surface area contributed by atoms with Gasteiger partial charge in [-0.1, -0.05) is 82.8 Å². The van der Waals surface area contributed by atoms with Crippen LogP contribution in [0, 0.1) is 11.6 Å². The smallest absolute Gasteiger partial charge is 0.397 e. The van der Waals surface area contributed by atoms with Crippen LogP contribution in [-0.4, -0.2) is 78.8 Å². The molecule has 77 heavy (non-hydrogen) atoms. The Hall–Kier alpha value is -4.60. The lowest BCUT2D eigenvalue weighted by molar-refractivity contribution is -0.186. The summed E-state index contributed by atoms with van der Waals surface area (Å²) in [7, 11) is 1.58. The molecule has 410 valence electrons. The molecule has 0 aromatic heterocycles. The van der Waals surface area contributed by atoms with Crippen LogP contribution in [0.5, 0.6) is 5.75 Å². The predicted octanol–water partition coefficient (Wildman–Crippen LogP) is 14.2. The summed E-state index contributed by atoms with van der Waals surface area (Å²) in [6.07, 6.45) is -12.1. The number of carbonyl (C=O) groups excluding carboxylic acids is 4. The van der Waals surface area contributed by atoms with Crippen LogP contribution < -0.4 is 4.74 Å². The number of fused-ring (bicyclic) bond motifs is 4. The number of amides is 2. The third-order valence-electron chi connectivity index (χ3n) is 14.0. The summed E-state index contributed by atoms with van der Waals surface area (Å²) in [5.41, 5.74) is 4.19. The van der Waals surface area contributed by atoms with Crippen molar-refractivity contribution >= 4 is 94.2 Å². The van der Waals surface area contributed by atoms with Crippen LogP contribution in [0.3, 0.4) is 0 Å². The Morgan fingerprint density at radius 1 is 0.610 bits per heavy atom. The normalized spacial score (nSPS) is 17.6. The molecule has 23 heteroatoms. The third kappa shape index (κ3) is 12.9. The first-order valence-corrected chi connectivity index (χ1v) is 26.5. The number of hydrogen-bond donors (Lipinski definition) is 1. The highest BCUT2D eigenvalue weighted by Gasteiger charge is 2.54. The minimum atomic E-state index is -4.57. The fourth-order valence-corrected chi connectivity index (χ4v) is 12.1. The van der Waals surface area contributed by atoms with E-state index in [0.717, 1.165) is 37.6 Å². The summed E-state index contributed by atoms with van der Waals surface area (Å²) in [5.74, 6) is -2.62. The molecule has 4 aliphatic heterocycles. The topological polar surface area (TPSA) is 102 Å². The number of thioether (sulfide) groups is 1. The van der Waals surface area contributed by atoms with E-state index in [1.54, 1.807) is 50.4 Å². The second-order valence-electron chi connectivity index (χ2n) is 19.7. The number of ether oxygens (including phenoxy) is 3. The van der Waals surface area contributed by atoms with E-state index in [9.17, 15) is 54.3 Å². The molecule has 5 aromatic rings. The second kappa shape index (κ2) is 22.1. The van der Waals surface area contributed by atoms with Gasteiger partial charge in [-0.15, -0.1) is 11.8 Å². The number of thiol groups is 1. The van der Waals surface area contributed by atoms with Crippen molar-refractivity contribution in [3.8, 4) is 5.75 Å². The third-order valence-corrected chi connectivity index (χ3v) is 17.0. The van der Waals surface area contributed by atoms with Gasteiger partial charge in [-0.3, -0.25) is 19.2 Å². The van der Waals surface area contributed by atoms with E-state index in [4.69, 9.17) is 60.6 Å². The van der Waals surface area contributed by atoms with Crippen molar-refractivity contribution < 1.29 is 68.5 Å². The number of methoxy groups -OCH3 is 1. The number of likely N-dealkylation sites (tertiary alicyclic amines) is 2. The van der Waals surface area contributed by atoms with Crippen LogP contribution in [0.2, 0.25) is 20.1 Å². The Morgan fingerprint density at radius 2 is 1.01 bits per heavy atom. The zero-order valence-electron chi connectivity index (χ0n) is 41.0. The Bertz CT molecular complexity index is 3110. The lowest BCUT2D eigenvalue weighted by atomic mass is 9.83. The molecule has 2 amide bonds. The number of carbonyl (C=O) groups is 4. The maximum absolute atomic E-state index is 14.3. The quantitative estimate of drug-likeness (QED) is 0.0508. The molecule has 4 heterocycles. The van der Waals surface area contributed by atoms with Crippen molar-refractivity contribution in [2.45, 2.75) is 91.5 Å². The highest BCUT2D eigenvalue weighted by Crippen LogP contribution is 2.48. The van der Waals surface area contributed by atoms with E-state index in [2.05, 4.69) is 12.6 Å². The number of Topliss-reactive ketones (excluding diaryl/α,β-unsaturated/α-hetero) is 2. The molecule has 9 rings (SSSR count). The van der Waals surface area contributed by atoms with Crippen molar-refractivity contribution in [3.05, 3.63) is 167 Å². The van der Waals surface area contributed by atoms with Crippen molar-refractivity contribution in [2.75, 3.05) is 33.3 Å². The molecule has 9 nitrogen and oxygen atoms in total. The standard InChI is InChI=1S/C31H27Cl2F4NO4S.C23H19Cl2F4NO3S/c1-29(21-10-24(32)28(34)25(33)11-21,43-15-18-3-6-22(41-2)7-4-18)12-26(39)19-5-8-23-20(9-19)14-42-30(23)16-38(17-30)27(40)13-31(35,36)37;1-21(34,14-5-16(24)20(26)17(25)6-14)7-18(31)12-2-3-15-13(4-12)9-33-22(15)10-30(11-22)19(32)8-23(27,28)29/h3-11H,12-17H2,1-2H3;2-6,34H,7-11H2,1H3/t29-;21-/m00/s1. The number of alkyl halides is 6. The highest BCUT2D eigenvalue weighted by molar-refractivity contribution is 7.99. The lowest BCUT2D eigenvalue weighted by Crippen LogP contribution is -2.61. The molecule has 2 spiro atoms. The predicted molar refractivity (Wildman–Crippen MR) is 279 cm³/mol. The number of ketones is 2. The fraction of sp³-hybridized carbons (Fsp3) is 0.370. The van der Waals surface area contributed by atoms with E-state index in [1.165, 1.54) is 36.0 Å². The van der Waals surface area contributed by atoms with Crippen LogP contribution in [0.15, 0.2) is 84.9 Å². The molecule has 0 bridgehead atoms. The number of hydrogen-bond acceptors (Lipinski definition) is 9. The molecule has 2 fully saturated rings. The first kappa shape index (κ1) is 58.5. The van der Waals surface area contributed by atoms with Gasteiger partial charge in [-0.05, 0) is 101 Å². The van der Waals surface area contributed by atoms with Crippen molar-refractivity contribution in [1.82, 2.24) is 9.80 Å².